The van der Waals surface area contributed by atoms with Crippen molar-refractivity contribution in [3.05, 3.63) is 46.7 Å². The minimum absolute atomic E-state index is 0.0228. The van der Waals surface area contributed by atoms with Crippen molar-refractivity contribution < 1.29 is 4.74 Å². The highest BCUT2D eigenvalue weighted by molar-refractivity contribution is 6.30. The van der Waals surface area contributed by atoms with Gasteiger partial charge in [0.25, 0.3) is 0 Å². The summed E-state index contributed by atoms with van der Waals surface area (Å²) in [6.07, 6.45) is 1.75. The molecule has 4 nitrogen and oxygen atoms in total. The Hall–Kier alpha value is -1.52. The average Bonchev–Trinajstić information content (AvgIpc) is 2.85. The van der Waals surface area contributed by atoms with E-state index in [0.29, 0.717) is 0 Å². The fraction of sp³-hybridized carbons (Fsp3) is 0.357. The van der Waals surface area contributed by atoms with Gasteiger partial charge in [-0.3, -0.25) is 4.68 Å². The lowest BCUT2D eigenvalue weighted by atomic mass is 10.0. The van der Waals surface area contributed by atoms with Gasteiger partial charge in [0, 0.05) is 11.6 Å². The van der Waals surface area contributed by atoms with Gasteiger partial charge in [-0.2, -0.15) is 5.10 Å². The van der Waals surface area contributed by atoms with E-state index in [1.165, 1.54) is 0 Å². The van der Waals surface area contributed by atoms with Crippen LogP contribution >= 0.6 is 11.6 Å². The van der Waals surface area contributed by atoms with Crippen molar-refractivity contribution in [2.45, 2.75) is 19.5 Å². The zero-order valence-electron chi connectivity index (χ0n) is 11.4. The van der Waals surface area contributed by atoms with E-state index in [-0.39, 0.29) is 6.04 Å². The van der Waals surface area contributed by atoms with Gasteiger partial charge in [0.2, 0.25) is 0 Å². The number of nitrogens with zero attached hydrogens (tertiary/aromatic N) is 2. The highest BCUT2D eigenvalue weighted by Gasteiger charge is 2.21. The topological polar surface area (TPSA) is 39.1 Å². The summed E-state index contributed by atoms with van der Waals surface area (Å²) >= 11 is 5.94. The molecule has 5 heteroatoms. The number of benzene rings is 1. The van der Waals surface area contributed by atoms with Crippen molar-refractivity contribution in [3.8, 4) is 5.75 Å². The molecule has 1 atom stereocenters. The molecule has 0 aliphatic heterocycles. The number of rotatable bonds is 5. The molecule has 0 spiro atoms. The maximum absolute atomic E-state index is 5.94. The Morgan fingerprint density at radius 2 is 2.05 bits per heavy atom. The molecule has 0 aliphatic rings. The first-order chi connectivity index (χ1) is 9.21. The third kappa shape index (κ3) is 2.74. The molecule has 0 saturated carbocycles. The first-order valence-corrected chi connectivity index (χ1v) is 6.61. The van der Waals surface area contributed by atoms with Gasteiger partial charge in [-0.1, -0.05) is 23.7 Å². The van der Waals surface area contributed by atoms with E-state index in [1.54, 1.807) is 13.3 Å². The van der Waals surface area contributed by atoms with E-state index in [0.717, 1.165) is 28.6 Å². The predicted octanol–water partition coefficient (Wildman–Crippen LogP) is 2.87. The number of halogens is 1. The van der Waals surface area contributed by atoms with Crippen LogP contribution in [0.2, 0.25) is 5.02 Å². The second-order valence-electron chi connectivity index (χ2n) is 4.19. The minimum Gasteiger partial charge on any atom is -0.493 e. The van der Waals surface area contributed by atoms with Crippen molar-refractivity contribution in [1.82, 2.24) is 15.1 Å². The molecule has 2 rings (SSSR count). The summed E-state index contributed by atoms with van der Waals surface area (Å²) in [7, 11) is 3.58. The number of ether oxygens (including phenoxy) is 1. The van der Waals surface area contributed by atoms with Crippen molar-refractivity contribution in [3.63, 3.8) is 0 Å². The monoisotopic (exact) mass is 279 g/mol. The Balaban J connectivity index is 2.46. The van der Waals surface area contributed by atoms with Crippen LogP contribution in [0, 0.1) is 0 Å². The van der Waals surface area contributed by atoms with E-state index in [4.69, 9.17) is 16.3 Å². The quantitative estimate of drug-likeness (QED) is 0.915. The summed E-state index contributed by atoms with van der Waals surface area (Å²) in [5, 5.41) is 8.38. The van der Waals surface area contributed by atoms with Gasteiger partial charge in [-0.05, 0) is 31.7 Å². The zero-order chi connectivity index (χ0) is 13.8. The van der Waals surface area contributed by atoms with Gasteiger partial charge in [0.15, 0.2) is 5.75 Å². The molecule has 1 aromatic heterocycles. The number of hydrogen-bond acceptors (Lipinski definition) is 3. The summed E-state index contributed by atoms with van der Waals surface area (Å²) in [6.45, 7) is 2.86. The molecule has 1 unspecified atom stereocenters. The molecule has 102 valence electrons. The standard InChI is InChI=1S/C14H18ClN3O/c1-4-18-14(12(19-3)9-17-18)13(16-2)10-5-7-11(15)8-6-10/h5-9,13,16H,4H2,1-3H3. The maximum Gasteiger partial charge on any atom is 0.161 e. The van der Waals surface area contributed by atoms with Gasteiger partial charge >= 0.3 is 0 Å². The molecule has 0 bridgehead atoms. The molecule has 0 radical (unpaired) electrons. The lowest BCUT2D eigenvalue weighted by Crippen LogP contribution is -2.22. The highest BCUT2D eigenvalue weighted by Crippen LogP contribution is 2.30. The summed E-state index contributed by atoms with van der Waals surface area (Å²) in [6, 6.07) is 7.82. The van der Waals surface area contributed by atoms with Crippen molar-refractivity contribution in [1.29, 1.82) is 0 Å². The molecule has 1 aromatic carbocycles. The second kappa shape index (κ2) is 6.08. The summed E-state index contributed by atoms with van der Waals surface area (Å²) in [4.78, 5) is 0. The van der Waals surface area contributed by atoms with Gasteiger partial charge in [0.1, 0.15) is 5.69 Å². The number of aryl methyl sites for hydroxylation is 1. The molecule has 1 N–H and O–H groups in total. The molecule has 0 fully saturated rings. The van der Waals surface area contributed by atoms with Gasteiger partial charge < -0.3 is 10.1 Å². The van der Waals surface area contributed by atoms with E-state index < -0.39 is 0 Å². The molecular weight excluding hydrogens is 262 g/mol. The highest BCUT2D eigenvalue weighted by atomic mass is 35.5. The first-order valence-electron chi connectivity index (χ1n) is 6.23. The Bertz CT molecular complexity index is 515. The number of nitrogens with one attached hydrogen (secondary N) is 1. The third-order valence-corrected chi connectivity index (χ3v) is 3.38. The van der Waals surface area contributed by atoms with Crippen LogP contribution in [0.1, 0.15) is 24.2 Å². The van der Waals surface area contributed by atoms with Gasteiger partial charge in [0.05, 0.1) is 19.3 Å². The van der Waals surface area contributed by atoms with Crippen LogP contribution in [0.3, 0.4) is 0 Å². The van der Waals surface area contributed by atoms with Crippen LogP contribution in [0.25, 0.3) is 0 Å². The first kappa shape index (κ1) is 13.9. The predicted molar refractivity (Wildman–Crippen MR) is 76.8 cm³/mol. The molecule has 1 heterocycles. The lowest BCUT2D eigenvalue weighted by molar-refractivity contribution is 0.401. The van der Waals surface area contributed by atoms with Crippen LogP contribution in [0.15, 0.2) is 30.5 Å². The Kier molecular flexibility index (Phi) is 4.45. The largest absolute Gasteiger partial charge is 0.493 e. The number of hydrogen-bond donors (Lipinski definition) is 1. The Morgan fingerprint density at radius 1 is 1.37 bits per heavy atom. The van der Waals surface area contributed by atoms with Crippen molar-refractivity contribution >= 4 is 11.6 Å². The summed E-state index contributed by atoms with van der Waals surface area (Å²) in [5.74, 6) is 0.788. The maximum atomic E-state index is 5.94. The van der Waals surface area contributed by atoms with E-state index in [2.05, 4.69) is 17.3 Å². The molecule has 2 aromatic rings. The van der Waals surface area contributed by atoms with E-state index >= 15 is 0 Å². The van der Waals surface area contributed by atoms with Gasteiger partial charge in [-0.15, -0.1) is 0 Å². The molecule has 19 heavy (non-hydrogen) atoms. The number of aromatic nitrogens is 2. The molecule has 0 aliphatic carbocycles. The molecule has 0 saturated heterocycles. The lowest BCUT2D eigenvalue weighted by Gasteiger charge is -2.19. The SMILES string of the molecule is CCn1ncc(OC)c1C(NC)c1ccc(Cl)cc1. The average molecular weight is 280 g/mol. The van der Waals surface area contributed by atoms with Crippen LogP contribution in [0.4, 0.5) is 0 Å². The van der Waals surface area contributed by atoms with Gasteiger partial charge in [-0.25, -0.2) is 0 Å². The number of methoxy groups -OCH3 is 1. The fourth-order valence-electron chi connectivity index (χ4n) is 2.19. The summed E-state index contributed by atoms with van der Waals surface area (Å²) in [5.41, 5.74) is 2.15. The molecule has 0 amide bonds. The van der Waals surface area contributed by atoms with Crippen LogP contribution in [-0.4, -0.2) is 23.9 Å². The Labute approximate surface area is 118 Å². The van der Waals surface area contributed by atoms with E-state index in [1.807, 2.05) is 36.0 Å². The van der Waals surface area contributed by atoms with Crippen LogP contribution in [0.5, 0.6) is 5.75 Å². The van der Waals surface area contributed by atoms with E-state index in [9.17, 15) is 0 Å². The Morgan fingerprint density at radius 3 is 2.58 bits per heavy atom. The third-order valence-electron chi connectivity index (χ3n) is 3.13. The normalized spacial score (nSPS) is 12.4. The summed E-state index contributed by atoms with van der Waals surface area (Å²) < 4.78 is 7.35. The molecular formula is C14H18ClN3O. The second-order valence-corrected chi connectivity index (χ2v) is 4.62. The fourth-order valence-corrected chi connectivity index (χ4v) is 2.32. The van der Waals surface area contributed by atoms with Crippen LogP contribution < -0.4 is 10.1 Å². The van der Waals surface area contributed by atoms with Crippen LogP contribution in [-0.2, 0) is 6.54 Å². The minimum atomic E-state index is 0.0228. The van der Waals surface area contributed by atoms with Crippen molar-refractivity contribution in [2.75, 3.05) is 14.2 Å². The smallest absolute Gasteiger partial charge is 0.161 e. The van der Waals surface area contributed by atoms with Crippen molar-refractivity contribution in [2.24, 2.45) is 0 Å². The zero-order valence-corrected chi connectivity index (χ0v) is 12.1.